The molecule has 144 valence electrons. The van der Waals surface area contributed by atoms with Crippen LogP contribution in [-0.2, 0) is 6.54 Å². The van der Waals surface area contributed by atoms with Crippen LogP contribution >= 0.6 is 27.5 Å². The molecule has 3 nitrogen and oxygen atoms in total. The number of ether oxygens (including phenoxy) is 1. The lowest BCUT2D eigenvalue weighted by atomic mass is 9.62. The van der Waals surface area contributed by atoms with Gasteiger partial charge in [0.05, 0.1) is 11.1 Å². The lowest BCUT2D eigenvalue weighted by molar-refractivity contribution is 0.0256. The molecule has 1 atom stereocenters. The SMILES string of the molecule is CC[C@H](N)[C@]1(C(C)C)CC[C@@H](Oc2cc3c(cc2Cl)CNC=C3Br)CC1. The highest BCUT2D eigenvalue weighted by Gasteiger charge is 2.42. The molecule has 2 aliphatic rings. The predicted octanol–water partition coefficient (Wildman–Crippen LogP) is 5.84. The Morgan fingerprint density at radius 3 is 2.65 bits per heavy atom. The second-order valence-corrected chi connectivity index (χ2v) is 9.29. The van der Waals surface area contributed by atoms with Crippen molar-refractivity contribution in [1.82, 2.24) is 5.32 Å². The summed E-state index contributed by atoms with van der Waals surface area (Å²) in [5.41, 5.74) is 9.10. The summed E-state index contributed by atoms with van der Waals surface area (Å²) in [7, 11) is 0. The highest BCUT2D eigenvalue weighted by Crippen LogP contribution is 2.46. The number of benzene rings is 1. The molecular formula is C21H30BrClN2O. The molecule has 3 rings (SSSR count). The minimum Gasteiger partial charge on any atom is -0.489 e. The number of rotatable bonds is 5. The van der Waals surface area contributed by atoms with Gasteiger partial charge in [0.25, 0.3) is 0 Å². The normalized spacial score (nSPS) is 26.7. The summed E-state index contributed by atoms with van der Waals surface area (Å²) in [6.45, 7) is 7.62. The fourth-order valence-electron chi connectivity index (χ4n) is 4.59. The number of nitrogens with two attached hydrogens (primary N) is 1. The monoisotopic (exact) mass is 440 g/mol. The van der Waals surface area contributed by atoms with Crippen LogP contribution in [-0.4, -0.2) is 12.1 Å². The number of nitrogens with one attached hydrogen (secondary N) is 1. The zero-order valence-electron chi connectivity index (χ0n) is 15.9. The molecule has 0 bridgehead atoms. The van der Waals surface area contributed by atoms with Crippen LogP contribution in [0.4, 0.5) is 0 Å². The molecule has 1 heterocycles. The maximum Gasteiger partial charge on any atom is 0.138 e. The van der Waals surface area contributed by atoms with E-state index in [4.69, 9.17) is 22.1 Å². The Labute approximate surface area is 170 Å². The predicted molar refractivity (Wildman–Crippen MR) is 114 cm³/mol. The van der Waals surface area contributed by atoms with Crippen molar-refractivity contribution in [2.45, 2.75) is 71.6 Å². The van der Waals surface area contributed by atoms with Crippen molar-refractivity contribution in [1.29, 1.82) is 0 Å². The number of fused-ring (bicyclic) bond motifs is 1. The van der Waals surface area contributed by atoms with Gasteiger partial charge in [-0.1, -0.05) is 32.4 Å². The van der Waals surface area contributed by atoms with Gasteiger partial charge < -0.3 is 15.8 Å². The van der Waals surface area contributed by atoms with Crippen LogP contribution in [0.25, 0.3) is 4.48 Å². The van der Waals surface area contributed by atoms with Gasteiger partial charge in [0.1, 0.15) is 5.75 Å². The topological polar surface area (TPSA) is 47.3 Å². The zero-order chi connectivity index (χ0) is 18.9. The Balaban J connectivity index is 1.72. The van der Waals surface area contributed by atoms with Crippen molar-refractivity contribution in [3.63, 3.8) is 0 Å². The molecule has 0 amide bonds. The van der Waals surface area contributed by atoms with E-state index in [9.17, 15) is 0 Å². The molecule has 26 heavy (non-hydrogen) atoms. The van der Waals surface area contributed by atoms with E-state index in [0.29, 0.717) is 10.9 Å². The molecule has 0 aromatic heterocycles. The number of hydrogen-bond donors (Lipinski definition) is 2. The molecule has 0 saturated heterocycles. The molecule has 0 spiro atoms. The maximum absolute atomic E-state index is 6.52. The van der Waals surface area contributed by atoms with E-state index in [-0.39, 0.29) is 17.6 Å². The summed E-state index contributed by atoms with van der Waals surface area (Å²) in [6.07, 6.45) is 7.56. The van der Waals surface area contributed by atoms with Crippen LogP contribution < -0.4 is 15.8 Å². The first-order valence-electron chi connectivity index (χ1n) is 9.71. The molecule has 1 aromatic carbocycles. The lowest BCUT2D eigenvalue weighted by Gasteiger charge is -2.47. The maximum atomic E-state index is 6.52. The van der Waals surface area contributed by atoms with Crippen LogP contribution in [0.5, 0.6) is 5.75 Å². The van der Waals surface area contributed by atoms with Crippen molar-refractivity contribution < 1.29 is 4.74 Å². The molecule has 1 aromatic rings. The van der Waals surface area contributed by atoms with E-state index in [1.165, 1.54) is 5.56 Å². The summed E-state index contributed by atoms with van der Waals surface area (Å²) in [5.74, 6) is 1.39. The van der Waals surface area contributed by atoms with Crippen LogP contribution in [0.1, 0.15) is 64.0 Å². The van der Waals surface area contributed by atoms with Crippen molar-refractivity contribution in [3.8, 4) is 5.75 Å². The minimum atomic E-state index is 0.214. The smallest absolute Gasteiger partial charge is 0.138 e. The molecule has 1 saturated carbocycles. The van der Waals surface area contributed by atoms with E-state index < -0.39 is 0 Å². The molecular weight excluding hydrogens is 412 g/mol. The third-order valence-corrected chi connectivity index (χ3v) is 7.37. The quantitative estimate of drug-likeness (QED) is 0.603. The van der Waals surface area contributed by atoms with Gasteiger partial charge in [-0.15, -0.1) is 0 Å². The van der Waals surface area contributed by atoms with E-state index in [2.05, 4.69) is 48.1 Å². The van der Waals surface area contributed by atoms with E-state index in [0.717, 1.165) is 54.4 Å². The minimum absolute atomic E-state index is 0.214. The summed E-state index contributed by atoms with van der Waals surface area (Å²) in [5, 5.41) is 3.93. The van der Waals surface area contributed by atoms with Gasteiger partial charge in [0.2, 0.25) is 0 Å². The zero-order valence-corrected chi connectivity index (χ0v) is 18.3. The van der Waals surface area contributed by atoms with Crippen molar-refractivity contribution in [3.05, 3.63) is 34.5 Å². The summed E-state index contributed by atoms with van der Waals surface area (Å²) in [4.78, 5) is 0. The van der Waals surface area contributed by atoms with Crippen LogP contribution in [0.3, 0.4) is 0 Å². The van der Waals surface area contributed by atoms with Crippen LogP contribution in [0.2, 0.25) is 5.02 Å². The summed E-state index contributed by atoms with van der Waals surface area (Å²) >= 11 is 10.1. The molecule has 3 N–H and O–H groups in total. The molecule has 1 aliphatic heterocycles. The summed E-state index contributed by atoms with van der Waals surface area (Å²) in [6, 6.07) is 4.35. The van der Waals surface area contributed by atoms with Gasteiger partial charge in [0, 0.05) is 23.3 Å². The molecule has 1 aliphatic carbocycles. The van der Waals surface area contributed by atoms with E-state index >= 15 is 0 Å². The van der Waals surface area contributed by atoms with Gasteiger partial charge in [-0.3, -0.25) is 0 Å². The van der Waals surface area contributed by atoms with E-state index in [1.54, 1.807) is 0 Å². The fraction of sp³-hybridized carbons (Fsp3) is 0.619. The highest BCUT2D eigenvalue weighted by molar-refractivity contribution is 9.15. The standard InChI is InChI=1S/C21H30BrClN2O/c1-4-20(24)21(13(2)3)7-5-15(6-8-21)26-19-10-16-14(9-18(19)23)11-25-12-17(16)22/h9-10,12-13,15,20,25H,4-8,11,24H2,1-3H3/t15-,20-,21-/m0/s1. The second-order valence-electron chi connectivity index (χ2n) is 8.03. The Morgan fingerprint density at radius 1 is 1.35 bits per heavy atom. The Morgan fingerprint density at radius 2 is 2.04 bits per heavy atom. The largest absolute Gasteiger partial charge is 0.489 e. The van der Waals surface area contributed by atoms with Crippen LogP contribution in [0, 0.1) is 11.3 Å². The molecule has 0 unspecified atom stereocenters. The van der Waals surface area contributed by atoms with Gasteiger partial charge >= 0.3 is 0 Å². The van der Waals surface area contributed by atoms with Crippen LogP contribution in [0.15, 0.2) is 18.3 Å². The fourth-order valence-corrected chi connectivity index (χ4v) is 5.35. The third-order valence-electron chi connectivity index (χ3n) is 6.42. The first kappa shape index (κ1) is 20.0. The number of halogens is 2. The molecule has 0 radical (unpaired) electrons. The molecule has 5 heteroatoms. The van der Waals surface area contributed by atoms with Crippen molar-refractivity contribution >= 4 is 32.0 Å². The van der Waals surface area contributed by atoms with Crippen molar-refractivity contribution in [2.75, 3.05) is 0 Å². The Kier molecular flexibility index (Phi) is 6.25. The highest BCUT2D eigenvalue weighted by atomic mass is 79.9. The average Bonchev–Trinajstić information content (AvgIpc) is 2.63. The number of hydrogen-bond acceptors (Lipinski definition) is 3. The van der Waals surface area contributed by atoms with Gasteiger partial charge in [0.15, 0.2) is 0 Å². The molecule has 1 fully saturated rings. The average molecular weight is 442 g/mol. The first-order chi connectivity index (χ1) is 12.4. The third kappa shape index (κ3) is 3.79. The van der Waals surface area contributed by atoms with Gasteiger partial charge in [-0.25, -0.2) is 0 Å². The first-order valence-corrected chi connectivity index (χ1v) is 10.9. The Bertz CT molecular complexity index is 681. The van der Waals surface area contributed by atoms with Crippen molar-refractivity contribution in [2.24, 2.45) is 17.1 Å². The van der Waals surface area contributed by atoms with Gasteiger partial charge in [-0.05, 0) is 82.6 Å². The summed E-state index contributed by atoms with van der Waals surface area (Å²) < 4.78 is 7.38. The Hall–Kier alpha value is -0.710. The van der Waals surface area contributed by atoms with E-state index in [1.807, 2.05) is 12.3 Å². The lowest BCUT2D eigenvalue weighted by Crippen LogP contribution is -2.48. The second kappa shape index (κ2) is 8.12. The van der Waals surface area contributed by atoms with Gasteiger partial charge in [-0.2, -0.15) is 0 Å².